The number of amides is 1. The molecule has 2 aromatic rings. The average molecular weight is 395 g/mol. The highest BCUT2D eigenvalue weighted by atomic mass is 16.5. The van der Waals surface area contributed by atoms with Gasteiger partial charge >= 0.3 is 0 Å². The molecule has 2 fully saturated rings. The Morgan fingerprint density at radius 2 is 1.72 bits per heavy atom. The summed E-state index contributed by atoms with van der Waals surface area (Å²) in [5, 5.41) is 0. The van der Waals surface area contributed by atoms with Crippen molar-refractivity contribution in [3.63, 3.8) is 0 Å². The third-order valence-electron chi connectivity index (χ3n) is 6.07. The lowest BCUT2D eigenvalue weighted by atomic mass is 9.94. The largest absolute Gasteiger partial charge is 0.439 e. The van der Waals surface area contributed by atoms with Gasteiger partial charge in [0.05, 0.1) is 5.56 Å². The number of aromatic nitrogens is 1. The molecule has 154 valence electrons. The van der Waals surface area contributed by atoms with Crippen LogP contribution in [-0.2, 0) is 6.54 Å². The second-order valence-electron chi connectivity index (χ2n) is 8.10. The lowest BCUT2D eigenvalue weighted by molar-refractivity contribution is 0.0755. The number of primary amides is 1. The molecule has 2 heterocycles. The van der Waals surface area contributed by atoms with E-state index < -0.39 is 5.91 Å². The molecule has 6 heteroatoms. The molecule has 1 aliphatic heterocycles. The van der Waals surface area contributed by atoms with Gasteiger partial charge in [-0.25, -0.2) is 4.98 Å². The van der Waals surface area contributed by atoms with Crippen LogP contribution in [0.4, 0.5) is 0 Å². The Labute approximate surface area is 172 Å². The number of hydrogen-bond donors (Lipinski definition) is 1. The molecule has 29 heavy (non-hydrogen) atoms. The number of piperazine rings is 1. The van der Waals surface area contributed by atoms with E-state index >= 15 is 0 Å². The third-order valence-corrected chi connectivity index (χ3v) is 6.07. The Hall–Kier alpha value is -2.44. The summed E-state index contributed by atoms with van der Waals surface area (Å²) >= 11 is 0. The molecule has 1 saturated heterocycles. The maximum absolute atomic E-state index is 11.1. The number of ether oxygens (including phenoxy) is 1. The van der Waals surface area contributed by atoms with Crippen LogP contribution < -0.4 is 10.5 Å². The van der Waals surface area contributed by atoms with Crippen molar-refractivity contribution < 1.29 is 9.53 Å². The highest BCUT2D eigenvalue weighted by Gasteiger charge is 2.24. The van der Waals surface area contributed by atoms with E-state index in [0.717, 1.165) is 31.4 Å². The van der Waals surface area contributed by atoms with Crippen molar-refractivity contribution in [2.45, 2.75) is 44.7 Å². The molecule has 2 aliphatic rings. The van der Waals surface area contributed by atoms with Gasteiger partial charge in [0, 0.05) is 51.0 Å². The fraction of sp³-hybridized carbons (Fsp3) is 0.478. The molecule has 0 unspecified atom stereocenters. The topological polar surface area (TPSA) is 71.7 Å². The summed E-state index contributed by atoms with van der Waals surface area (Å²) in [6.45, 7) is 5.65. The van der Waals surface area contributed by atoms with Gasteiger partial charge in [-0.2, -0.15) is 0 Å². The first-order chi connectivity index (χ1) is 14.2. The van der Waals surface area contributed by atoms with Crippen molar-refractivity contribution in [3.8, 4) is 11.6 Å². The Kier molecular flexibility index (Phi) is 6.42. The summed E-state index contributed by atoms with van der Waals surface area (Å²) in [6.07, 6.45) is 8.45. The molecular formula is C23H30N4O2. The summed E-state index contributed by atoms with van der Waals surface area (Å²) in [6, 6.07) is 12.3. The molecule has 1 aliphatic carbocycles. The van der Waals surface area contributed by atoms with Crippen LogP contribution in [0.1, 0.15) is 48.0 Å². The monoisotopic (exact) mass is 394 g/mol. The molecule has 1 amide bonds. The van der Waals surface area contributed by atoms with Gasteiger partial charge in [-0.05, 0) is 36.6 Å². The number of pyridine rings is 1. The summed E-state index contributed by atoms with van der Waals surface area (Å²) < 4.78 is 5.76. The molecule has 1 aromatic carbocycles. The van der Waals surface area contributed by atoms with Gasteiger partial charge in [-0.1, -0.05) is 31.4 Å². The second-order valence-corrected chi connectivity index (χ2v) is 8.10. The van der Waals surface area contributed by atoms with Gasteiger partial charge in [0.25, 0.3) is 0 Å². The molecule has 0 spiro atoms. The maximum Gasteiger partial charge on any atom is 0.250 e. The molecule has 0 atom stereocenters. The number of carbonyl (C=O) groups excluding carboxylic acids is 1. The summed E-state index contributed by atoms with van der Waals surface area (Å²) in [4.78, 5) is 20.5. The van der Waals surface area contributed by atoms with Crippen molar-refractivity contribution >= 4 is 5.91 Å². The van der Waals surface area contributed by atoms with Crippen LogP contribution in [0.5, 0.6) is 11.6 Å². The second kappa shape index (κ2) is 9.37. The fourth-order valence-corrected chi connectivity index (χ4v) is 4.36. The molecule has 2 N–H and O–H groups in total. The van der Waals surface area contributed by atoms with Crippen molar-refractivity contribution in [3.05, 3.63) is 53.7 Å². The van der Waals surface area contributed by atoms with Gasteiger partial charge in [-0.3, -0.25) is 14.6 Å². The number of nitrogens with zero attached hydrogens (tertiary/aromatic N) is 3. The molecule has 0 radical (unpaired) electrons. The lowest BCUT2D eigenvalue weighted by Gasteiger charge is -2.40. The van der Waals surface area contributed by atoms with E-state index in [4.69, 9.17) is 10.5 Å². The van der Waals surface area contributed by atoms with Crippen molar-refractivity contribution in [1.29, 1.82) is 0 Å². The number of carbonyl (C=O) groups is 1. The van der Waals surface area contributed by atoms with Crippen LogP contribution in [0.2, 0.25) is 0 Å². The smallest absolute Gasteiger partial charge is 0.250 e. The van der Waals surface area contributed by atoms with E-state index in [0.29, 0.717) is 11.4 Å². The first-order valence-electron chi connectivity index (χ1n) is 10.7. The summed E-state index contributed by atoms with van der Waals surface area (Å²) in [5.74, 6) is 0.685. The SMILES string of the molecule is NC(=O)c1ccc(Oc2ccc(CN3CCN(C4CCCCC4)CC3)cc2)nc1. The van der Waals surface area contributed by atoms with E-state index in [1.54, 1.807) is 12.1 Å². The van der Waals surface area contributed by atoms with Crippen LogP contribution in [0.15, 0.2) is 42.6 Å². The van der Waals surface area contributed by atoms with E-state index in [1.165, 1.54) is 57.0 Å². The van der Waals surface area contributed by atoms with Gasteiger partial charge in [-0.15, -0.1) is 0 Å². The lowest BCUT2D eigenvalue weighted by Crippen LogP contribution is -2.50. The van der Waals surface area contributed by atoms with E-state index in [-0.39, 0.29) is 0 Å². The van der Waals surface area contributed by atoms with E-state index in [2.05, 4.69) is 26.9 Å². The first kappa shape index (κ1) is 19.9. The average Bonchev–Trinajstić information content (AvgIpc) is 2.77. The van der Waals surface area contributed by atoms with Crippen molar-refractivity contribution in [2.75, 3.05) is 26.2 Å². The predicted molar refractivity (Wildman–Crippen MR) is 113 cm³/mol. The van der Waals surface area contributed by atoms with Gasteiger partial charge < -0.3 is 10.5 Å². The molecule has 1 aromatic heterocycles. The number of rotatable bonds is 6. The highest BCUT2D eigenvalue weighted by Crippen LogP contribution is 2.24. The summed E-state index contributed by atoms with van der Waals surface area (Å²) in [7, 11) is 0. The number of nitrogens with two attached hydrogens (primary N) is 1. The van der Waals surface area contributed by atoms with Crippen LogP contribution in [0.3, 0.4) is 0 Å². The minimum atomic E-state index is -0.493. The fourth-order valence-electron chi connectivity index (χ4n) is 4.36. The maximum atomic E-state index is 11.1. The Morgan fingerprint density at radius 3 is 2.34 bits per heavy atom. The minimum Gasteiger partial charge on any atom is -0.439 e. The molecular weight excluding hydrogens is 364 g/mol. The highest BCUT2D eigenvalue weighted by molar-refractivity contribution is 5.92. The zero-order chi connectivity index (χ0) is 20.1. The summed E-state index contributed by atoms with van der Waals surface area (Å²) in [5.41, 5.74) is 6.89. The normalized spacial score (nSPS) is 19.2. The quantitative estimate of drug-likeness (QED) is 0.813. The van der Waals surface area contributed by atoms with Gasteiger partial charge in [0.1, 0.15) is 5.75 Å². The number of hydrogen-bond acceptors (Lipinski definition) is 5. The van der Waals surface area contributed by atoms with Crippen molar-refractivity contribution in [1.82, 2.24) is 14.8 Å². The van der Waals surface area contributed by atoms with Crippen LogP contribution >= 0.6 is 0 Å². The molecule has 1 saturated carbocycles. The van der Waals surface area contributed by atoms with Crippen LogP contribution in [0, 0.1) is 0 Å². The van der Waals surface area contributed by atoms with E-state index in [9.17, 15) is 4.79 Å². The van der Waals surface area contributed by atoms with Crippen LogP contribution in [0.25, 0.3) is 0 Å². The number of benzene rings is 1. The molecule has 6 nitrogen and oxygen atoms in total. The zero-order valence-corrected chi connectivity index (χ0v) is 16.9. The predicted octanol–water partition coefficient (Wildman–Crippen LogP) is 3.42. The Bertz CT molecular complexity index is 793. The minimum absolute atomic E-state index is 0.372. The van der Waals surface area contributed by atoms with Gasteiger partial charge in [0.2, 0.25) is 11.8 Å². The van der Waals surface area contributed by atoms with Gasteiger partial charge in [0.15, 0.2) is 0 Å². The van der Waals surface area contributed by atoms with E-state index in [1.807, 2.05) is 12.1 Å². The van der Waals surface area contributed by atoms with Crippen LogP contribution in [-0.4, -0.2) is 52.9 Å². The Balaban J connectivity index is 1.26. The first-order valence-corrected chi connectivity index (χ1v) is 10.7. The van der Waals surface area contributed by atoms with Crippen molar-refractivity contribution in [2.24, 2.45) is 5.73 Å². The standard InChI is InChI=1S/C23H30N4O2/c24-23(28)19-8-11-22(25-16-19)29-21-9-6-18(7-10-21)17-26-12-14-27(15-13-26)20-4-2-1-3-5-20/h6-11,16,20H,1-5,12-15,17H2,(H2,24,28). The third kappa shape index (κ3) is 5.34. The zero-order valence-electron chi connectivity index (χ0n) is 16.9. The Morgan fingerprint density at radius 1 is 1.00 bits per heavy atom. The molecule has 4 rings (SSSR count). The molecule has 0 bridgehead atoms.